The normalized spacial score (nSPS) is 26.2. The van der Waals surface area contributed by atoms with Gasteiger partial charge < -0.3 is 19.1 Å². The Morgan fingerprint density at radius 2 is 1.88 bits per heavy atom. The van der Waals surface area contributed by atoms with E-state index in [4.69, 9.17) is 13.8 Å². The van der Waals surface area contributed by atoms with Crippen molar-refractivity contribution in [2.45, 2.75) is 40.0 Å². The van der Waals surface area contributed by atoms with Crippen LogP contribution < -0.4 is 5.32 Å². The summed E-state index contributed by atoms with van der Waals surface area (Å²) in [5.41, 5.74) is 1.10. The van der Waals surface area contributed by atoms with Gasteiger partial charge in [-0.1, -0.05) is 32.0 Å². The maximum Gasteiger partial charge on any atom is 0.360 e. The van der Waals surface area contributed by atoms with Gasteiger partial charge in [-0.05, 0) is 26.2 Å². The van der Waals surface area contributed by atoms with Crippen molar-refractivity contribution in [2.75, 3.05) is 20.3 Å². The van der Waals surface area contributed by atoms with Crippen molar-refractivity contribution in [2.24, 2.45) is 11.8 Å². The average Bonchev–Trinajstić information content (AvgIpc) is 2.74. The van der Waals surface area contributed by atoms with Crippen LogP contribution in [0.5, 0.6) is 0 Å². The van der Waals surface area contributed by atoms with Crippen LogP contribution in [-0.4, -0.2) is 31.2 Å². The van der Waals surface area contributed by atoms with E-state index in [-0.39, 0.29) is 41.3 Å². The molecule has 1 aromatic carbocycles. The molecule has 174 valence electrons. The SMILES string of the molecule is COC(=O)C1=C(C)NC(C)=C(P2(=O)OCC(CC(C)C)CO2)C1c1ccccc1[N+](=O)[O-]. The van der Waals surface area contributed by atoms with Crippen LogP contribution in [0.1, 0.15) is 45.6 Å². The highest BCUT2D eigenvalue weighted by Crippen LogP contribution is 2.66. The molecule has 2 aliphatic heterocycles. The summed E-state index contributed by atoms with van der Waals surface area (Å²) < 4.78 is 30.6. The summed E-state index contributed by atoms with van der Waals surface area (Å²) in [6, 6.07) is 6.08. The van der Waals surface area contributed by atoms with E-state index in [0.29, 0.717) is 17.3 Å². The molecule has 0 saturated carbocycles. The van der Waals surface area contributed by atoms with E-state index in [1.165, 1.54) is 13.2 Å². The number of hydrogen-bond donors (Lipinski definition) is 1. The average molecular weight is 464 g/mol. The summed E-state index contributed by atoms with van der Waals surface area (Å²) in [6.07, 6.45) is 0.857. The smallest absolute Gasteiger partial charge is 0.360 e. The Hall–Kier alpha value is -2.48. The van der Waals surface area contributed by atoms with Gasteiger partial charge in [0, 0.05) is 28.9 Å². The molecule has 0 aromatic heterocycles. The van der Waals surface area contributed by atoms with Gasteiger partial charge in [-0.25, -0.2) is 4.79 Å². The Balaban J connectivity index is 2.14. The maximum absolute atomic E-state index is 14.0. The second-order valence-electron chi connectivity index (χ2n) is 8.50. The van der Waals surface area contributed by atoms with Crippen molar-refractivity contribution in [1.29, 1.82) is 0 Å². The molecule has 32 heavy (non-hydrogen) atoms. The van der Waals surface area contributed by atoms with Gasteiger partial charge in [-0.3, -0.25) is 14.7 Å². The molecule has 1 saturated heterocycles. The molecule has 0 spiro atoms. The molecular weight excluding hydrogens is 435 g/mol. The minimum Gasteiger partial charge on any atom is -0.466 e. The van der Waals surface area contributed by atoms with Gasteiger partial charge in [0.2, 0.25) is 0 Å². The van der Waals surface area contributed by atoms with E-state index in [1.54, 1.807) is 32.0 Å². The number of para-hydroxylation sites is 1. The molecule has 9 nitrogen and oxygen atoms in total. The van der Waals surface area contributed by atoms with E-state index in [9.17, 15) is 19.5 Å². The number of nitro benzene ring substituents is 1. The third kappa shape index (κ3) is 4.65. The molecule has 1 atom stereocenters. The number of ether oxygens (including phenoxy) is 1. The number of nitrogens with zero attached hydrogens (tertiary/aromatic N) is 1. The maximum atomic E-state index is 14.0. The number of nitrogens with one attached hydrogen (secondary N) is 1. The number of esters is 1. The monoisotopic (exact) mass is 464 g/mol. The van der Waals surface area contributed by atoms with Crippen LogP contribution in [0.3, 0.4) is 0 Å². The Morgan fingerprint density at radius 1 is 1.25 bits per heavy atom. The first-order valence-corrected chi connectivity index (χ1v) is 12.0. The molecule has 0 amide bonds. The number of methoxy groups -OCH3 is 1. The van der Waals surface area contributed by atoms with Gasteiger partial charge in [-0.15, -0.1) is 0 Å². The predicted octanol–water partition coefficient (Wildman–Crippen LogP) is 4.86. The second-order valence-corrected chi connectivity index (χ2v) is 10.5. The second kappa shape index (κ2) is 9.57. The predicted molar refractivity (Wildman–Crippen MR) is 119 cm³/mol. The van der Waals surface area contributed by atoms with Gasteiger partial charge >= 0.3 is 13.6 Å². The summed E-state index contributed by atoms with van der Waals surface area (Å²) in [4.78, 5) is 24.0. The van der Waals surface area contributed by atoms with Crippen LogP contribution in [0.4, 0.5) is 5.69 Å². The van der Waals surface area contributed by atoms with Crippen molar-refractivity contribution < 1.29 is 28.1 Å². The molecule has 0 bridgehead atoms. The molecule has 1 aromatic rings. The molecule has 1 N–H and O–H groups in total. The first-order valence-electron chi connectivity index (χ1n) is 10.5. The fraction of sp³-hybridized carbons (Fsp3) is 0.500. The summed E-state index contributed by atoms with van der Waals surface area (Å²) >= 11 is 0. The summed E-state index contributed by atoms with van der Waals surface area (Å²) in [5, 5.41) is 15.1. The Kier molecular flexibility index (Phi) is 7.22. The van der Waals surface area contributed by atoms with Crippen LogP contribution in [0.2, 0.25) is 0 Å². The molecule has 3 rings (SSSR count). The molecule has 2 aliphatic rings. The van der Waals surface area contributed by atoms with E-state index < -0.39 is 24.4 Å². The molecule has 2 heterocycles. The quantitative estimate of drug-likeness (QED) is 0.274. The third-order valence-electron chi connectivity index (χ3n) is 5.64. The number of rotatable bonds is 6. The van der Waals surface area contributed by atoms with Crippen LogP contribution in [-0.2, 0) is 23.1 Å². The molecule has 0 aliphatic carbocycles. The lowest BCUT2D eigenvalue weighted by atomic mass is 9.85. The van der Waals surface area contributed by atoms with Crippen LogP contribution in [0.25, 0.3) is 0 Å². The summed E-state index contributed by atoms with van der Waals surface area (Å²) in [7, 11) is -2.63. The van der Waals surface area contributed by atoms with Crippen molar-refractivity contribution in [3.05, 3.63) is 62.2 Å². The zero-order chi connectivity index (χ0) is 23.6. The first kappa shape index (κ1) is 24.2. The Labute approximate surface area is 187 Å². The molecule has 0 radical (unpaired) electrons. The number of dihydropyridines is 1. The first-order chi connectivity index (χ1) is 15.1. The fourth-order valence-corrected chi connectivity index (χ4v) is 6.58. The highest BCUT2D eigenvalue weighted by atomic mass is 31.2. The van der Waals surface area contributed by atoms with Crippen LogP contribution in [0.15, 0.2) is 46.5 Å². The lowest BCUT2D eigenvalue weighted by Gasteiger charge is -2.37. The standard InChI is InChI=1S/C22H29N2O7P/c1-13(2)10-16-11-30-32(28,31-12-16)21-15(4)23-14(3)19(22(25)29-5)20(21)17-8-6-7-9-18(17)24(26)27/h6-9,13,16,20,23H,10-12H2,1-5H3. The van der Waals surface area contributed by atoms with Crippen molar-refractivity contribution in [3.63, 3.8) is 0 Å². The van der Waals surface area contributed by atoms with Gasteiger partial charge in [0.15, 0.2) is 0 Å². The number of nitro groups is 1. The number of carbonyl (C=O) groups is 1. The fourth-order valence-electron chi connectivity index (χ4n) is 4.36. The highest BCUT2D eigenvalue weighted by molar-refractivity contribution is 7.58. The summed E-state index contributed by atoms with van der Waals surface area (Å²) in [5.74, 6) is -1.17. The van der Waals surface area contributed by atoms with Gasteiger partial charge in [0.1, 0.15) is 0 Å². The van der Waals surface area contributed by atoms with Gasteiger partial charge in [-0.2, -0.15) is 0 Å². The third-order valence-corrected chi connectivity index (χ3v) is 7.80. The molecule has 1 fully saturated rings. The zero-order valence-corrected chi connectivity index (χ0v) is 19.8. The van der Waals surface area contributed by atoms with Crippen LogP contribution >= 0.6 is 7.60 Å². The topological polar surface area (TPSA) is 117 Å². The molecule has 10 heteroatoms. The lowest BCUT2D eigenvalue weighted by Crippen LogP contribution is -2.31. The number of carbonyl (C=O) groups excluding carboxylic acids is 1. The zero-order valence-electron chi connectivity index (χ0n) is 18.9. The molecular formula is C22H29N2O7P. The van der Waals surface area contributed by atoms with Crippen molar-refractivity contribution in [3.8, 4) is 0 Å². The van der Waals surface area contributed by atoms with Crippen molar-refractivity contribution in [1.82, 2.24) is 5.32 Å². The van der Waals surface area contributed by atoms with Crippen LogP contribution in [0, 0.1) is 22.0 Å². The summed E-state index contributed by atoms with van der Waals surface area (Å²) in [6.45, 7) is 8.03. The minimum absolute atomic E-state index is 0.0939. The lowest BCUT2D eigenvalue weighted by molar-refractivity contribution is -0.385. The van der Waals surface area contributed by atoms with E-state index in [0.717, 1.165) is 6.42 Å². The number of benzene rings is 1. The number of hydrogen-bond acceptors (Lipinski definition) is 8. The van der Waals surface area contributed by atoms with Gasteiger partial charge in [0.25, 0.3) is 5.69 Å². The van der Waals surface area contributed by atoms with E-state index in [1.807, 2.05) is 0 Å². The minimum atomic E-state index is -3.86. The van der Waals surface area contributed by atoms with Gasteiger partial charge in [0.05, 0.1) is 42.1 Å². The highest BCUT2D eigenvalue weighted by Gasteiger charge is 2.48. The van der Waals surface area contributed by atoms with E-state index >= 15 is 0 Å². The largest absolute Gasteiger partial charge is 0.466 e. The van der Waals surface area contributed by atoms with E-state index in [2.05, 4.69) is 19.2 Å². The number of allylic oxidation sites excluding steroid dienone is 3. The Morgan fingerprint density at radius 3 is 2.44 bits per heavy atom. The molecule has 1 unspecified atom stereocenters. The van der Waals surface area contributed by atoms with Crippen molar-refractivity contribution >= 4 is 19.3 Å². The Bertz CT molecular complexity index is 1020.